The van der Waals surface area contributed by atoms with E-state index in [1.54, 1.807) is 18.7 Å². The maximum absolute atomic E-state index is 12.0. The highest BCUT2D eigenvalue weighted by molar-refractivity contribution is 5.82. The first kappa shape index (κ1) is 14.8. The molecule has 1 rings (SSSR count). The Balaban J connectivity index is 2.48. The van der Waals surface area contributed by atoms with Crippen molar-refractivity contribution in [2.45, 2.75) is 46.1 Å². The standard InChI is InChI=1S/C13H24N2O3/c1-4-5-10-6-7-15(8-10)13(18)14-11(9(2)3)12(16)17/h9-11H,4-8H2,1-3H3,(H,14,18)(H,16,17)/t10?,11-/m0/s1. The number of nitrogens with zero attached hydrogens (tertiary/aromatic N) is 1. The van der Waals surface area contributed by atoms with Crippen LogP contribution in [-0.2, 0) is 4.79 Å². The SMILES string of the molecule is CCCC1CCN(C(=O)N[C@H](C(=O)O)C(C)C)C1. The number of likely N-dealkylation sites (tertiary alicyclic amines) is 1. The van der Waals surface area contributed by atoms with Crippen molar-refractivity contribution < 1.29 is 14.7 Å². The van der Waals surface area contributed by atoms with Crippen LogP contribution in [0.25, 0.3) is 0 Å². The van der Waals surface area contributed by atoms with E-state index in [9.17, 15) is 9.59 Å². The van der Waals surface area contributed by atoms with Crippen LogP contribution in [0.1, 0.15) is 40.0 Å². The molecule has 0 bridgehead atoms. The molecule has 2 amide bonds. The Hall–Kier alpha value is -1.26. The summed E-state index contributed by atoms with van der Waals surface area (Å²) in [6.07, 6.45) is 3.29. The fourth-order valence-corrected chi connectivity index (χ4v) is 2.40. The van der Waals surface area contributed by atoms with Crippen LogP contribution in [0.5, 0.6) is 0 Å². The minimum atomic E-state index is -0.970. The van der Waals surface area contributed by atoms with Crippen molar-refractivity contribution in [2.24, 2.45) is 11.8 Å². The van der Waals surface area contributed by atoms with Gasteiger partial charge in [0.05, 0.1) is 0 Å². The van der Waals surface area contributed by atoms with Gasteiger partial charge in [0.15, 0.2) is 0 Å². The minimum Gasteiger partial charge on any atom is -0.480 e. The van der Waals surface area contributed by atoms with E-state index in [-0.39, 0.29) is 11.9 Å². The maximum atomic E-state index is 12.0. The number of carbonyl (C=O) groups is 2. The number of aliphatic carboxylic acids is 1. The molecule has 2 N–H and O–H groups in total. The number of hydrogen-bond acceptors (Lipinski definition) is 2. The third kappa shape index (κ3) is 3.89. The fraction of sp³-hybridized carbons (Fsp3) is 0.846. The van der Waals surface area contributed by atoms with Gasteiger partial charge in [-0.2, -0.15) is 0 Å². The van der Waals surface area contributed by atoms with E-state index in [4.69, 9.17) is 5.11 Å². The summed E-state index contributed by atoms with van der Waals surface area (Å²) < 4.78 is 0. The molecule has 104 valence electrons. The molecule has 1 aliphatic heterocycles. The lowest BCUT2D eigenvalue weighted by atomic mass is 10.0. The van der Waals surface area contributed by atoms with Gasteiger partial charge in [-0.1, -0.05) is 27.2 Å². The number of rotatable bonds is 5. The number of hydrogen-bond donors (Lipinski definition) is 2. The summed E-state index contributed by atoms with van der Waals surface area (Å²) in [4.78, 5) is 24.7. The second kappa shape index (κ2) is 6.61. The maximum Gasteiger partial charge on any atom is 0.326 e. The van der Waals surface area contributed by atoms with Gasteiger partial charge in [-0.05, 0) is 24.7 Å². The number of nitrogens with one attached hydrogen (secondary N) is 1. The molecule has 0 saturated carbocycles. The van der Waals surface area contributed by atoms with E-state index in [1.165, 1.54) is 0 Å². The molecule has 1 heterocycles. The molecule has 1 fully saturated rings. The van der Waals surface area contributed by atoms with Crippen molar-refractivity contribution in [1.29, 1.82) is 0 Å². The molecule has 0 radical (unpaired) electrons. The normalized spacial score (nSPS) is 21.1. The quantitative estimate of drug-likeness (QED) is 0.789. The molecular formula is C13H24N2O3. The van der Waals surface area contributed by atoms with Gasteiger partial charge in [0.25, 0.3) is 0 Å². The van der Waals surface area contributed by atoms with E-state index in [2.05, 4.69) is 12.2 Å². The van der Waals surface area contributed by atoms with Crippen molar-refractivity contribution in [2.75, 3.05) is 13.1 Å². The monoisotopic (exact) mass is 256 g/mol. The zero-order valence-corrected chi connectivity index (χ0v) is 11.5. The van der Waals surface area contributed by atoms with Crippen molar-refractivity contribution >= 4 is 12.0 Å². The summed E-state index contributed by atoms with van der Waals surface area (Å²) >= 11 is 0. The van der Waals surface area contributed by atoms with Crippen LogP contribution in [-0.4, -0.2) is 41.1 Å². The van der Waals surface area contributed by atoms with Gasteiger partial charge in [-0.15, -0.1) is 0 Å². The Bertz CT molecular complexity index is 305. The lowest BCUT2D eigenvalue weighted by molar-refractivity contribution is -0.140. The second-order valence-electron chi connectivity index (χ2n) is 5.40. The van der Waals surface area contributed by atoms with Crippen LogP contribution in [0, 0.1) is 11.8 Å². The molecule has 0 aliphatic carbocycles. The Morgan fingerprint density at radius 1 is 1.44 bits per heavy atom. The number of amides is 2. The lowest BCUT2D eigenvalue weighted by Crippen LogP contribution is -2.49. The molecule has 1 aliphatic rings. The Kier molecular flexibility index (Phi) is 5.44. The Morgan fingerprint density at radius 2 is 2.11 bits per heavy atom. The summed E-state index contributed by atoms with van der Waals surface area (Å²) in [6.45, 7) is 7.22. The average Bonchev–Trinajstić information content (AvgIpc) is 2.73. The minimum absolute atomic E-state index is 0.111. The van der Waals surface area contributed by atoms with Gasteiger partial charge in [-0.3, -0.25) is 0 Å². The predicted octanol–water partition coefficient (Wildman–Crippen LogP) is 1.93. The fourth-order valence-electron chi connectivity index (χ4n) is 2.40. The highest BCUT2D eigenvalue weighted by Gasteiger charge is 2.29. The highest BCUT2D eigenvalue weighted by atomic mass is 16.4. The lowest BCUT2D eigenvalue weighted by Gasteiger charge is -2.23. The Labute approximate surface area is 109 Å². The zero-order valence-electron chi connectivity index (χ0n) is 11.5. The van der Waals surface area contributed by atoms with Crippen molar-refractivity contribution in [3.63, 3.8) is 0 Å². The third-order valence-corrected chi connectivity index (χ3v) is 3.48. The second-order valence-corrected chi connectivity index (χ2v) is 5.40. The molecule has 1 saturated heterocycles. The summed E-state index contributed by atoms with van der Waals surface area (Å²) in [6, 6.07) is -1.04. The molecule has 0 spiro atoms. The van der Waals surface area contributed by atoms with Crippen molar-refractivity contribution in [1.82, 2.24) is 10.2 Å². The number of urea groups is 1. The van der Waals surface area contributed by atoms with Gasteiger partial charge in [0, 0.05) is 13.1 Å². The van der Waals surface area contributed by atoms with Crippen LogP contribution < -0.4 is 5.32 Å². The molecule has 5 nitrogen and oxygen atoms in total. The number of carboxylic acid groups (broad SMARTS) is 1. The summed E-state index contributed by atoms with van der Waals surface area (Å²) in [5.74, 6) is -0.508. The summed E-state index contributed by atoms with van der Waals surface area (Å²) in [7, 11) is 0. The van der Waals surface area contributed by atoms with Crippen LogP contribution in [0.3, 0.4) is 0 Å². The zero-order chi connectivity index (χ0) is 13.7. The van der Waals surface area contributed by atoms with Gasteiger partial charge >= 0.3 is 12.0 Å². The van der Waals surface area contributed by atoms with Gasteiger partial charge < -0.3 is 15.3 Å². The third-order valence-electron chi connectivity index (χ3n) is 3.48. The average molecular weight is 256 g/mol. The van der Waals surface area contributed by atoms with Crippen molar-refractivity contribution in [3.8, 4) is 0 Å². The topological polar surface area (TPSA) is 69.6 Å². The van der Waals surface area contributed by atoms with E-state index in [1.807, 2.05) is 0 Å². The van der Waals surface area contributed by atoms with Crippen LogP contribution in [0.4, 0.5) is 4.79 Å². The van der Waals surface area contributed by atoms with E-state index < -0.39 is 12.0 Å². The van der Waals surface area contributed by atoms with Gasteiger partial charge in [0.1, 0.15) is 6.04 Å². The summed E-state index contributed by atoms with van der Waals surface area (Å²) in [5.41, 5.74) is 0. The van der Waals surface area contributed by atoms with Crippen molar-refractivity contribution in [3.05, 3.63) is 0 Å². The summed E-state index contributed by atoms with van der Waals surface area (Å²) in [5, 5.41) is 11.6. The van der Waals surface area contributed by atoms with Crippen LogP contribution >= 0.6 is 0 Å². The molecule has 2 atom stereocenters. The smallest absolute Gasteiger partial charge is 0.326 e. The molecule has 18 heavy (non-hydrogen) atoms. The molecule has 0 aromatic rings. The number of carbonyl (C=O) groups excluding carboxylic acids is 1. The Morgan fingerprint density at radius 3 is 2.61 bits per heavy atom. The molecule has 0 aromatic carbocycles. The largest absolute Gasteiger partial charge is 0.480 e. The van der Waals surface area contributed by atoms with Crippen LogP contribution in [0.15, 0.2) is 0 Å². The number of carboxylic acids is 1. The molecule has 5 heteroatoms. The first-order valence-electron chi connectivity index (χ1n) is 6.74. The predicted molar refractivity (Wildman–Crippen MR) is 69.4 cm³/mol. The van der Waals surface area contributed by atoms with E-state index in [0.29, 0.717) is 5.92 Å². The van der Waals surface area contributed by atoms with E-state index in [0.717, 1.165) is 32.4 Å². The first-order valence-corrected chi connectivity index (χ1v) is 6.74. The highest BCUT2D eigenvalue weighted by Crippen LogP contribution is 2.20. The molecular weight excluding hydrogens is 232 g/mol. The van der Waals surface area contributed by atoms with E-state index >= 15 is 0 Å². The van der Waals surface area contributed by atoms with Gasteiger partial charge in [0.2, 0.25) is 0 Å². The first-order chi connectivity index (χ1) is 8.45. The molecule has 1 unspecified atom stereocenters. The van der Waals surface area contributed by atoms with Gasteiger partial charge in [-0.25, -0.2) is 9.59 Å². The van der Waals surface area contributed by atoms with Crippen LogP contribution in [0.2, 0.25) is 0 Å². The molecule has 0 aromatic heterocycles.